The molecule has 0 bridgehead atoms. The van der Waals surface area contributed by atoms with Gasteiger partial charge in [-0.3, -0.25) is 4.79 Å². The topological polar surface area (TPSA) is 84.9 Å². The number of ether oxygens (including phenoxy) is 2. The number of thioether (sulfide) groups is 1. The van der Waals surface area contributed by atoms with Crippen LogP contribution in [0.1, 0.15) is 19.3 Å². The van der Waals surface area contributed by atoms with E-state index in [1.54, 1.807) is 24.3 Å². The van der Waals surface area contributed by atoms with Gasteiger partial charge >= 0.3 is 0 Å². The van der Waals surface area contributed by atoms with Gasteiger partial charge in [0, 0.05) is 23.7 Å². The van der Waals surface area contributed by atoms with Crippen molar-refractivity contribution in [3.8, 4) is 11.5 Å². The second kappa shape index (κ2) is 9.28. The Labute approximate surface area is 180 Å². The highest BCUT2D eigenvalue weighted by atomic mass is 32.2. The van der Waals surface area contributed by atoms with E-state index < -0.39 is 10.0 Å². The lowest BCUT2D eigenvalue weighted by Crippen LogP contribution is -2.35. The van der Waals surface area contributed by atoms with E-state index in [1.807, 2.05) is 18.2 Å². The first kappa shape index (κ1) is 21.0. The van der Waals surface area contributed by atoms with Crippen molar-refractivity contribution in [1.29, 1.82) is 0 Å². The van der Waals surface area contributed by atoms with E-state index in [1.165, 1.54) is 16.1 Å². The van der Waals surface area contributed by atoms with Crippen LogP contribution < -0.4 is 14.8 Å². The number of nitrogens with zero attached hydrogens (tertiary/aromatic N) is 1. The molecule has 1 fully saturated rings. The van der Waals surface area contributed by atoms with Crippen LogP contribution in [0.5, 0.6) is 11.5 Å². The Kier molecular flexibility index (Phi) is 6.50. The van der Waals surface area contributed by atoms with Crippen LogP contribution in [-0.2, 0) is 14.8 Å². The fourth-order valence-corrected chi connectivity index (χ4v) is 5.67. The molecule has 7 nitrogen and oxygen atoms in total. The number of piperidine rings is 1. The van der Waals surface area contributed by atoms with Gasteiger partial charge in [0.25, 0.3) is 0 Å². The maximum Gasteiger partial charge on any atom is 0.243 e. The Morgan fingerprint density at radius 2 is 1.67 bits per heavy atom. The van der Waals surface area contributed by atoms with Crippen LogP contribution >= 0.6 is 11.8 Å². The van der Waals surface area contributed by atoms with E-state index in [9.17, 15) is 13.2 Å². The van der Waals surface area contributed by atoms with E-state index in [0.717, 1.165) is 29.9 Å². The summed E-state index contributed by atoms with van der Waals surface area (Å²) in [6.45, 7) is 2.20. The van der Waals surface area contributed by atoms with Gasteiger partial charge < -0.3 is 14.8 Å². The molecule has 4 rings (SSSR count). The summed E-state index contributed by atoms with van der Waals surface area (Å²) in [5.41, 5.74) is 0.570. The van der Waals surface area contributed by atoms with E-state index in [2.05, 4.69) is 5.32 Å². The summed E-state index contributed by atoms with van der Waals surface area (Å²) in [6, 6.07) is 12.0. The highest BCUT2D eigenvalue weighted by molar-refractivity contribution is 8.00. The fourth-order valence-electron chi connectivity index (χ4n) is 3.42. The largest absolute Gasteiger partial charge is 0.486 e. The molecule has 2 aliphatic heterocycles. The number of hydrogen-bond donors (Lipinski definition) is 1. The summed E-state index contributed by atoms with van der Waals surface area (Å²) >= 11 is 1.40. The molecule has 2 aromatic carbocycles. The molecule has 0 radical (unpaired) electrons. The monoisotopic (exact) mass is 448 g/mol. The number of carbonyl (C=O) groups excluding carboxylic acids is 1. The van der Waals surface area contributed by atoms with E-state index in [4.69, 9.17) is 9.47 Å². The quantitative estimate of drug-likeness (QED) is 0.682. The smallest absolute Gasteiger partial charge is 0.243 e. The predicted molar refractivity (Wildman–Crippen MR) is 116 cm³/mol. The number of nitrogens with one attached hydrogen (secondary N) is 1. The van der Waals surface area contributed by atoms with Crippen molar-refractivity contribution in [3.63, 3.8) is 0 Å². The van der Waals surface area contributed by atoms with Crippen LogP contribution in [0, 0.1) is 0 Å². The van der Waals surface area contributed by atoms with Crippen molar-refractivity contribution in [3.05, 3.63) is 42.5 Å². The molecule has 0 saturated carbocycles. The highest BCUT2D eigenvalue weighted by Crippen LogP contribution is 2.34. The van der Waals surface area contributed by atoms with Crippen LogP contribution in [0.2, 0.25) is 0 Å². The van der Waals surface area contributed by atoms with Gasteiger partial charge in [-0.1, -0.05) is 6.42 Å². The lowest BCUT2D eigenvalue weighted by atomic mass is 10.2. The Hall–Kier alpha value is -2.23. The SMILES string of the molecule is O=C(CSc1ccc2c(c1)OCCO2)Nc1ccc(S(=O)(=O)N2CCCCC2)cc1. The number of benzene rings is 2. The van der Waals surface area contributed by atoms with Crippen molar-refractivity contribution >= 4 is 33.4 Å². The van der Waals surface area contributed by atoms with E-state index >= 15 is 0 Å². The first-order valence-corrected chi connectivity index (χ1v) is 12.4. The van der Waals surface area contributed by atoms with Gasteiger partial charge in [0.15, 0.2) is 11.5 Å². The Morgan fingerprint density at radius 3 is 2.40 bits per heavy atom. The number of fused-ring (bicyclic) bond motifs is 1. The molecule has 0 aromatic heterocycles. The second-order valence-corrected chi connectivity index (χ2v) is 10.1. The zero-order chi connectivity index (χ0) is 21.0. The number of anilines is 1. The third-order valence-electron chi connectivity index (χ3n) is 4.97. The van der Waals surface area contributed by atoms with Crippen molar-refractivity contribution < 1.29 is 22.7 Å². The highest BCUT2D eigenvalue weighted by Gasteiger charge is 2.25. The predicted octanol–water partition coefficient (Wildman–Crippen LogP) is 3.36. The summed E-state index contributed by atoms with van der Waals surface area (Å²) in [5, 5.41) is 2.81. The van der Waals surface area contributed by atoms with Gasteiger partial charge in [-0.15, -0.1) is 11.8 Å². The minimum Gasteiger partial charge on any atom is -0.486 e. The van der Waals surface area contributed by atoms with Crippen molar-refractivity contribution in [2.75, 3.05) is 37.4 Å². The number of rotatable bonds is 6. The van der Waals surface area contributed by atoms with E-state index in [-0.39, 0.29) is 16.6 Å². The molecule has 0 atom stereocenters. The Bertz CT molecular complexity index is 1000. The third kappa shape index (κ3) is 4.91. The number of sulfonamides is 1. The third-order valence-corrected chi connectivity index (χ3v) is 7.88. The van der Waals surface area contributed by atoms with Crippen molar-refractivity contribution in [2.45, 2.75) is 29.1 Å². The average molecular weight is 449 g/mol. The zero-order valence-electron chi connectivity index (χ0n) is 16.5. The van der Waals surface area contributed by atoms with E-state index in [0.29, 0.717) is 37.7 Å². The number of carbonyl (C=O) groups is 1. The molecule has 1 amide bonds. The normalized spacial score (nSPS) is 16.8. The first-order chi connectivity index (χ1) is 14.5. The minimum absolute atomic E-state index is 0.165. The van der Waals surface area contributed by atoms with Gasteiger partial charge in [-0.2, -0.15) is 4.31 Å². The molecule has 160 valence electrons. The first-order valence-electron chi connectivity index (χ1n) is 9.95. The molecule has 2 aliphatic rings. The van der Waals surface area contributed by atoms with Crippen LogP contribution in [-0.4, -0.2) is 50.7 Å². The molecular formula is C21H24N2O5S2. The summed E-state index contributed by atoms with van der Waals surface area (Å²) < 4.78 is 38.0. The lowest BCUT2D eigenvalue weighted by Gasteiger charge is -2.25. The van der Waals surface area contributed by atoms with Crippen LogP contribution in [0.25, 0.3) is 0 Å². The maximum absolute atomic E-state index is 12.7. The molecule has 30 heavy (non-hydrogen) atoms. The molecule has 9 heteroatoms. The van der Waals surface area contributed by atoms with Gasteiger partial charge in [-0.25, -0.2) is 8.42 Å². The molecule has 0 aliphatic carbocycles. The van der Waals surface area contributed by atoms with Crippen LogP contribution in [0.4, 0.5) is 5.69 Å². The molecule has 2 heterocycles. The molecule has 1 saturated heterocycles. The standard InChI is InChI=1S/C21H24N2O5S2/c24-21(15-29-17-6-9-19-20(14-17)28-13-12-27-19)22-16-4-7-18(8-5-16)30(25,26)23-10-2-1-3-11-23/h4-9,14H,1-3,10-13,15H2,(H,22,24). The average Bonchev–Trinajstić information content (AvgIpc) is 2.78. The van der Waals surface area contributed by atoms with Crippen LogP contribution in [0.15, 0.2) is 52.3 Å². The molecule has 0 spiro atoms. The molecular weight excluding hydrogens is 424 g/mol. The summed E-state index contributed by atoms with van der Waals surface area (Å²) in [7, 11) is -3.47. The zero-order valence-corrected chi connectivity index (χ0v) is 18.1. The molecule has 0 unspecified atom stereocenters. The number of hydrogen-bond acceptors (Lipinski definition) is 6. The summed E-state index contributed by atoms with van der Waals surface area (Å²) in [6.07, 6.45) is 2.87. The number of amides is 1. The van der Waals surface area contributed by atoms with Gasteiger partial charge in [0.1, 0.15) is 13.2 Å². The van der Waals surface area contributed by atoms with Crippen LogP contribution in [0.3, 0.4) is 0 Å². The van der Waals surface area contributed by atoms with Gasteiger partial charge in [0.05, 0.1) is 10.6 Å². The summed E-state index contributed by atoms with van der Waals surface area (Å²) in [4.78, 5) is 13.5. The minimum atomic E-state index is -3.47. The Balaban J connectivity index is 1.32. The van der Waals surface area contributed by atoms with Crippen molar-refractivity contribution in [1.82, 2.24) is 4.31 Å². The second-order valence-electron chi connectivity index (χ2n) is 7.13. The van der Waals surface area contributed by atoms with Gasteiger partial charge in [-0.05, 0) is 55.3 Å². The summed E-state index contributed by atoms with van der Waals surface area (Å²) in [5.74, 6) is 1.47. The lowest BCUT2D eigenvalue weighted by molar-refractivity contribution is -0.113. The maximum atomic E-state index is 12.7. The van der Waals surface area contributed by atoms with Crippen molar-refractivity contribution in [2.24, 2.45) is 0 Å². The molecule has 1 N–H and O–H groups in total. The van der Waals surface area contributed by atoms with Gasteiger partial charge in [0.2, 0.25) is 15.9 Å². The molecule has 2 aromatic rings. The fraction of sp³-hybridized carbons (Fsp3) is 0.381. The Morgan fingerprint density at radius 1 is 0.967 bits per heavy atom.